The highest BCUT2D eigenvalue weighted by Crippen LogP contribution is 2.22. The first-order valence-electron chi connectivity index (χ1n) is 5.25. The lowest BCUT2D eigenvalue weighted by molar-refractivity contribution is -0.119. The number of phenolic OH excluding ortho intramolecular Hbond substituents is 1. The van der Waals surface area contributed by atoms with Gasteiger partial charge in [-0.05, 0) is 30.5 Å². The van der Waals surface area contributed by atoms with E-state index in [1.54, 1.807) is 7.05 Å². The molecule has 0 atom stereocenters. The SMILES string of the molecule is CNC(=O)CNCc1cc(C)c(O)c(C)c1. The van der Waals surface area contributed by atoms with Crippen molar-refractivity contribution in [3.8, 4) is 5.75 Å². The highest BCUT2D eigenvalue weighted by Gasteiger charge is 2.03. The van der Waals surface area contributed by atoms with Crippen LogP contribution in [-0.4, -0.2) is 24.6 Å². The quantitative estimate of drug-likeness (QED) is 0.707. The van der Waals surface area contributed by atoms with Crippen LogP contribution in [0.2, 0.25) is 0 Å². The fourth-order valence-electron chi connectivity index (χ4n) is 1.56. The van der Waals surface area contributed by atoms with Crippen LogP contribution in [0.5, 0.6) is 5.75 Å². The van der Waals surface area contributed by atoms with Gasteiger partial charge in [-0.15, -0.1) is 0 Å². The van der Waals surface area contributed by atoms with E-state index in [4.69, 9.17) is 0 Å². The van der Waals surface area contributed by atoms with Gasteiger partial charge in [0.2, 0.25) is 5.91 Å². The molecule has 0 heterocycles. The third-order valence-corrected chi connectivity index (χ3v) is 2.44. The van der Waals surface area contributed by atoms with E-state index in [2.05, 4.69) is 10.6 Å². The molecule has 3 N–H and O–H groups in total. The number of aromatic hydroxyl groups is 1. The average Bonchev–Trinajstić information content (AvgIpc) is 2.25. The summed E-state index contributed by atoms with van der Waals surface area (Å²) >= 11 is 0. The molecule has 1 amide bonds. The molecule has 0 saturated heterocycles. The van der Waals surface area contributed by atoms with Crippen LogP contribution >= 0.6 is 0 Å². The van der Waals surface area contributed by atoms with Crippen molar-refractivity contribution in [3.05, 3.63) is 28.8 Å². The molecular formula is C12H18N2O2. The van der Waals surface area contributed by atoms with E-state index in [0.717, 1.165) is 16.7 Å². The molecule has 4 nitrogen and oxygen atoms in total. The zero-order valence-electron chi connectivity index (χ0n) is 9.92. The maximum absolute atomic E-state index is 11.0. The molecule has 4 heteroatoms. The monoisotopic (exact) mass is 222 g/mol. The largest absolute Gasteiger partial charge is 0.507 e. The van der Waals surface area contributed by atoms with E-state index in [9.17, 15) is 9.90 Å². The van der Waals surface area contributed by atoms with E-state index in [1.807, 2.05) is 26.0 Å². The lowest BCUT2D eigenvalue weighted by Crippen LogP contribution is -2.30. The first-order chi connectivity index (χ1) is 7.54. The van der Waals surface area contributed by atoms with Gasteiger partial charge < -0.3 is 15.7 Å². The molecule has 0 radical (unpaired) electrons. The first kappa shape index (κ1) is 12.5. The van der Waals surface area contributed by atoms with Crippen LogP contribution in [0.15, 0.2) is 12.1 Å². The Labute approximate surface area is 95.7 Å². The van der Waals surface area contributed by atoms with Gasteiger partial charge in [-0.2, -0.15) is 0 Å². The number of phenols is 1. The van der Waals surface area contributed by atoms with Crippen LogP contribution in [0.4, 0.5) is 0 Å². The van der Waals surface area contributed by atoms with Crippen molar-refractivity contribution in [1.29, 1.82) is 0 Å². The number of aryl methyl sites for hydroxylation is 2. The predicted molar refractivity (Wildman–Crippen MR) is 63.4 cm³/mol. The second-order valence-corrected chi connectivity index (χ2v) is 3.85. The van der Waals surface area contributed by atoms with Gasteiger partial charge in [0.1, 0.15) is 5.75 Å². The Kier molecular flexibility index (Phi) is 4.31. The highest BCUT2D eigenvalue weighted by atomic mass is 16.3. The molecule has 0 unspecified atom stereocenters. The van der Waals surface area contributed by atoms with Crippen LogP contribution < -0.4 is 10.6 Å². The molecule has 0 aliphatic carbocycles. The summed E-state index contributed by atoms with van der Waals surface area (Å²) in [5.41, 5.74) is 2.78. The summed E-state index contributed by atoms with van der Waals surface area (Å²) in [6.45, 7) is 4.65. The van der Waals surface area contributed by atoms with E-state index in [0.29, 0.717) is 18.8 Å². The fraction of sp³-hybridized carbons (Fsp3) is 0.417. The number of likely N-dealkylation sites (N-methyl/N-ethyl adjacent to an activating group) is 1. The molecule has 0 bridgehead atoms. The predicted octanol–water partition coefficient (Wildman–Crippen LogP) is 0.845. The molecule has 1 aromatic carbocycles. The smallest absolute Gasteiger partial charge is 0.233 e. The average molecular weight is 222 g/mol. The minimum atomic E-state index is -0.0350. The van der Waals surface area contributed by atoms with E-state index in [1.165, 1.54) is 0 Å². The number of carbonyl (C=O) groups is 1. The zero-order chi connectivity index (χ0) is 12.1. The number of carbonyl (C=O) groups excluding carboxylic acids is 1. The van der Waals surface area contributed by atoms with Gasteiger partial charge >= 0.3 is 0 Å². The third-order valence-electron chi connectivity index (χ3n) is 2.44. The second kappa shape index (κ2) is 5.51. The summed E-state index contributed by atoms with van der Waals surface area (Å²) < 4.78 is 0. The number of rotatable bonds is 4. The molecule has 88 valence electrons. The van der Waals surface area contributed by atoms with Crippen molar-refractivity contribution in [2.45, 2.75) is 20.4 Å². The molecular weight excluding hydrogens is 204 g/mol. The van der Waals surface area contributed by atoms with Crippen LogP contribution in [0.1, 0.15) is 16.7 Å². The molecule has 0 aromatic heterocycles. The van der Waals surface area contributed by atoms with Gasteiger partial charge in [0, 0.05) is 13.6 Å². The molecule has 0 aliphatic rings. The number of hydrogen-bond donors (Lipinski definition) is 3. The number of hydrogen-bond acceptors (Lipinski definition) is 3. The maximum atomic E-state index is 11.0. The Hall–Kier alpha value is -1.55. The lowest BCUT2D eigenvalue weighted by Gasteiger charge is -2.08. The van der Waals surface area contributed by atoms with Crippen molar-refractivity contribution in [1.82, 2.24) is 10.6 Å². The summed E-state index contributed by atoms with van der Waals surface area (Å²) in [6.07, 6.45) is 0. The zero-order valence-corrected chi connectivity index (χ0v) is 9.92. The Morgan fingerprint density at radius 2 is 1.88 bits per heavy atom. The van der Waals surface area contributed by atoms with Crippen LogP contribution in [0, 0.1) is 13.8 Å². The first-order valence-corrected chi connectivity index (χ1v) is 5.25. The molecule has 1 aromatic rings. The number of amides is 1. The molecule has 0 aliphatic heterocycles. The Morgan fingerprint density at radius 1 is 1.31 bits per heavy atom. The van der Waals surface area contributed by atoms with E-state index in [-0.39, 0.29) is 5.91 Å². The Balaban J connectivity index is 2.58. The van der Waals surface area contributed by atoms with Crippen molar-refractivity contribution in [2.24, 2.45) is 0 Å². The number of nitrogens with one attached hydrogen (secondary N) is 2. The molecule has 1 rings (SSSR count). The van der Waals surface area contributed by atoms with Crippen molar-refractivity contribution in [2.75, 3.05) is 13.6 Å². The molecule has 16 heavy (non-hydrogen) atoms. The van der Waals surface area contributed by atoms with E-state index < -0.39 is 0 Å². The van der Waals surface area contributed by atoms with E-state index >= 15 is 0 Å². The standard InChI is InChI=1S/C12H18N2O2/c1-8-4-10(5-9(2)12(8)16)6-14-7-11(15)13-3/h4-5,14,16H,6-7H2,1-3H3,(H,13,15). The van der Waals surface area contributed by atoms with Crippen molar-refractivity contribution >= 4 is 5.91 Å². The van der Waals surface area contributed by atoms with Gasteiger partial charge in [0.15, 0.2) is 0 Å². The molecule has 0 fully saturated rings. The Morgan fingerprint density at radius 3 is 2.38 bits per heavy atom. The van der Waals surface area contributed by atoms with Crippen molar-refractivity contribution in [3.63, 3.8) is 0 Å². The van der Waals surface area contributed by atoms with Crippen LogP contribution in [0.25, 0.3) is 0 Å². The highest BCUT2D eigenvalue weighted by molar-refractivity contribution is 5.77. The Bertz CT molecular complexity index is 366. The summed E-state index contributed by atoms with van der Waals surface area (Å²) in [7, 11) is 1.61. The van der Waals surface area contributed by atoms with Crippen molar-refractivity contribution < 1.29 is 9.90 Å². The summed E-state index contributed by atoms with van der Waals surface area (Å²) in [4.78, 5) is 11.0. The minimum Gasteiger partial charge on any atom is -0.507 e. The summed E-state index contributed by atoms with van der Waals surface area (Å²) in [5, 5.41) is 15.2. The van der Waals surface area contributed by atoms with Gasteiger partial charge in [-0.1, -0.05) is 12.1 Å². The fourth-order valence-corrected chi connectivity index (χ4v) is 1.56. The van der Waals surface area contributed by atoms with Crippen LogP contribution in [-0.2, 0) is 11.3 Å². The van der Waals surface area contributed by atoms with Crippen LogP contribution in [0.3, 0.4) is 0 Å². The van der Waals surface area contributed by atoms with Gasteiger partial charge in [-0.3, -0.25) is 4.79 Å². The summed E-state index contributed by atoms with van der Waals surface area (Å²) in [5.74, 6) is 0.308. The third kappa shape index (κ3) is 3.24. The van der Waals surface area contributed by atoms with Gasteiger partial charge in [0.05, 0.1) is 6.54 Å². The summed E-state index contributed by atoms with van der Waals surface area (Å²) in [6, 6.07) is 3.83. The maximum Gasteiger partial charge on any atom is 0.233 e. The molecule has 0 spiro atoms. The number of benzene rings is 1. The second-order valence-electron chi connectivity index (χ2n) is 3.85. The topological polar surface area (TPSA) is 61.4 Å². The lowest BCUT2D eigenvalue weighted by atomic mass is 10.1. The molecule has 0 saturated carbocycles. The normalized spacial score (nSPS) is 10.2. The van der Waals surface area contributed by atoms with Gasteiger partial charge in [-0.25, -0.2) is 0 Å². The minimum absolute atomic E-state index is 0.0350. The van der Waals surface area contributed by atoms with Gasteiger partial charge in [0.25, 0.3) is 0 Å².